The molecule has 1 saturated heterocycles. The van der Waals surface area contributed by atoms with E-state index in [1.165, 1.54) is 6.42 Å². The van der Waals surface area contributed by atoms with E-state index in [4.69, 9.17) is 5.73 Å². The van der Waals surface area contributed by atoms with Gasteiger partial charge in [-0.15, -0.1) is 0 Å². The molecule has 3 heteroatoms. The van der Waals surface area contributed by atoms with E-state index in [1.54, 1.807) is 0 Å². The average Bonchev–Trinajstić information content (AvgIpc) is 2.38. The standard InChI is InChI=1S/C14H20N2O/c1-11-5-4-6-12(9-11)14(17)16-8-3-2-7-13(16)10-15/h4-6,9,13H,2-3,7-8,10,15H2,1H3. The van der Waals surface area contributed by atoms with Gasteiger partial charge < -0.3 is 10.6 Å². The molecule has 92 valence electrons. The SMILES string of the molecule is Cc1cccc(C(=O)N2CCCCC2CN)c1. The Morgan fingerprint density at radius 2 is 2.29 bits per heavy atom. The van der Waals surface area contributed by atoms with Crippen LogP contribution in [0.5, 0.6) is 0 Å². The summed E-state index contributed by atoms with van der Waals surface area (Å²) in [6.45, 7) is 3.42. The average molecular weight is 232 g/mol. The van der Waals surface area contributed by atoms with Crippen LogP contribution in [0.4, 0.5) is 0 Å². The maximum atomic E-state index is 12.4. The number of likely N-dealkylation sites (tertiary alicyclic amines) is 1. The fourth-order valence-corrected chi connectivity index (χ4v) is 2.46. The molecule has 1 fully saturated rings. The van der Waals surface area contributed by atoms with Gasteiger partial charge in [0.05, 0.1) is 0 Å². The molecule has 1 heterocycles. The van der Waals surface area contributed by atoms with Crippen molar-refractivity contribution in [2.75, 3.05) is 13.1 Å². The predicted octanol–water partition coefficient (Wildman–Crippen LogP) is 1.95. The number of rotatable bonds is 2. The Kier molecular flexibility index (Phi) is 3.79. The Morgan fingerprint density at radius 3 is 3.00 bits per heavy atom. The Balaban J connectivity index is 2.18. The third-order valence-corrected chi connectivity index (χ3v) is 3.43. The highest BCUT2D eigenvalue weighted by Crippen LogP contribution is 2.19. The maximum Gasteiger partial charge on any atom is 0.254 e. The zero-order valence-electron chi connectivity index (χ0n) is 10.4. The molecule has 2 N–H and O–H groups in total. The maximum absolute atomic E-state index is 12.4. The van der Waals surface area contributed by atoms with Gasteiger partial charge in [-0.25, -0.2) is 0 Å². The molecule has 0 radical (unpaired) electrons. The monoisotopic (exact) mass is 232 g/mol. The molecule has 1 aliphatic rings. The second kappa shape index (κ2) is 5.32. The summed E-state index contributed by atoms with van der Waals surface area (Å²) in [5, 5.41) is 0. The summed E-state index contributed by atoms with van der Waals surface area (Å²) in [4.78, 5) is 14.3. The lowest BCUT2D eigenvalue weighted by Gasteiger charge is -2.35. The molecular weight excluding hydrogens is 212 g/mol. The number of piperidine rings is 1. The molecule has 1 unspecified atom stereocenters. The smallest absolute Gasteiger partial charge is 0.254 e. The van der Waals surface area contributed by atoms with Crippen molar-refractivity contribution in [1.82, 2.24) is 4.90 Å². The van der Waals surface area contributed by atoms with Crippen molar-refractivity contribution in [3.63, 3.8) is 0 Å². The van der Waals surface area contributed by atoms with Gasteiger partial charge in [-0.1, -0.05) is 17.7 Å². The number of nitrogens with two attached hydrogens (primary N) is 1. The highest BCUT2D eigenvalue weighted by Gasteiger charge is 2.26. The first-order valence-corrected chi connectivity index (χ1v) is 6.30. The van der Waals surface area contributed by atoms with Gasteiger partial charge in [-0.05, 0) is 38.3 Å². The van der Waals surface area contributed by atoms with Crippen LogP contribution in [-0.2, 0) is 0 Å². The van der Waals surface area contributed by atoms with Gasteiger partial charge in [0.2, 0.25) is 0 Å². The minimum absolute atomic E-state index is 0.129. The van der Waals surface area contributed by atoms with E-state index in [0.29, 0.717) is 6.54 Å². The van der Waals surface area contributed by atoms with Crippen LogP contribution in [0.25, 0.3) is 0 Å². The van der Waals surface area contributed by atoms with Crippen molar-refractivity contribution in [1.29, 1.82) is 0 Å². The fraction of sp³-hybridized carbons (Fsp3) is 0.500. The molecular formula is C14H20N2O. The lowest BCUT2D eigenvalue weighted by atomic mass is 10.0. The quantitative estimate of drug-likeness (QED) is 0.847. The zero-order chi connectivity index (χ0) is 12.3. The van der Waals surface area contributed by atoms with Gasteiger partial charge >= 0.3 is 0 Å². The molecule has 1 aromatic carbocycles. The number of carbonyl (C=O) groups is 1. The molecule has 17 heavy (non-hydrogen) atoms. The third kappa shape index (κ3) is 2.67. The van der Waals surface area contributed by atoms with Gasteiger partial charge in [0.25, 0.3) is 5.91 Å². The van der Waals surface area contributed by atoms with Crippen molar-refractivity contribution in [3.8, 4) is 0 Å². The number of amides is 1. The number of carbonyl (C=O) groups excluding carboxylic acids is 1. The molecule has 1 atom stereocenters. The van der Waals surface area contributed by atoms with E-state index in [9.17, 15) is 4.79 Å². The highest BCUT2D eigenvalue weighted by atomic mass is 16.2. The van der Waals surface area contributed by atoms with Crippen LogP contribution in [0.15, 0.2) is 24.3 Å². The first kappa shape index (κ1) is 12.1. The topological polar surface area (TPSA) is 46.3 Å². The number of nitrogens with zero attached hydrogens (tertiary/aromatic N) is 1. The summed E-state index contributed by atoms with van der Waals surface area (Å²) in [6, 6.07) is 8.00. The Labute approximate surface area is 103 Å². The van der Waals surface area contributed by atoms with E-state index < -0.39 is 0 Å². The molecule has 1 aliphatic heterocycles. The van der Waals surface area contributed by atoms with Crippen LogP contribution in [0.3, 0.4) is 0 Å². The molecule has 0 bridgehead atoms. The van der Waals surface area contributed by atoms with Gasteiger partial charge in [-0.3, -0.25) is 4.79 Å². The first-order valence-electron chi connectivity index (χ1n) is 6.30. The molecule has 0 saturated carbocycles. The second-order valence-electron chi connectivity index (χ2n) is 4.75. The molecule has 3 nitrogen and oxygen atoms in total. The van der Waals surface area contributed by atoms with Gasteiger partial charge in [-0.2, -0.15) is 0 Å². The normalized spacial score (nSPS) is 20.4. The van der Waals surface area contributed by atoms with Crippen molar-refractivity contribution in [3.05, 3.63) is 35.4 Å². The van der Waals surface area contributed by atoms with Gasteiger partial charge in [0.15, 0.2) is 0 Å². The summed E-state index contributed by atoms with van der Waals surface area (Å²) in [5.41, 5.74) is 7.65. The van der Waals surface area contributed by atoms with Crippen molar-refractivity contribution in [2.45, 2.75) is 32.2 Å². The van der Waals surface area contributed by atoms with Crippen LogP contribution in [0.1, 0.15) is 35.2 Å². The van der Waals surface area contributed by atoms with Crippen molar-refractivity contribution in [2.24, 2.45) is 5.73 Å². The van der Waals surface area contributed by atoms with Crippen molar-refractivity contribution >= 4 is 5.91 Å². The van der Waals surface area contributed by atoms with Crippen LogP contribution in [0, 0.1) is 6.92 Å². The van der Waals surface area contributed by atoms with Gasteiger partial charge in [0.1, 0.15) is 0 Å². The highest BCUT2D eigenvalue weighted by molar-refractivity contribution is 5.94. The second-order valence-corrected chi connectivity index (χ2v) is 4.75. The number of benzene rings is 1. The lowest BCUT2D eigenvalue weighted by Crippen LogP contribution is -2.47. The summed E-state index contributed by atoms with van der Waals surface area (Å²) < 4.78 is 0. The van der Waals surface area contributed by atoms with Crippen LogP contribution >= 0.6 is 0 Å². The first-order chi connectivity index (χ1) is 8.22. The lowest BCUT2D eigenvalue weighted by molar-refractivity contribution is 0.0623. The van der Waals surface area contributed by atoms with E-state index in [2.05, 4.69) is 0 Å². The molecule has 1 aromatic rings. The number of hydrogen-bond donors (Lipinski definition) is 1. The minimum Gasteiger partial charge on any atom is -0.334 e. The molecule has 0 aromatic heterocycles. The van der Waals surface area contributed by atoms with Crippen LogP contribution in [0.2, 0.25) is 0 Å². The molecule has 0 spiro atoms. The Morgan fingerprint density at radius 1 is 1.47 bits per heavy atom. The van der Waals surface area contributed by atoms with Crippen molar-refractivity contribution < 1.29 is 4.79 Å². The molecule has 0 aliphatic carbocycles. The fourth-order valence-electron chi connectivity index (χ4n) is 2.46. The predicted molar refractivity (Wildman–Crippen MR) is 68.9 cm³/mol. The summed E-state index contributed by atoms with van der Waals surface area (Å²) >= 11 is 0. The Bertz CT molecular complexity index is 403. The van der Waals surface area contributed by atoms with E-state index >= 15 is 0 Å². The molecule has 1 amide bonds. The van der Waals surface area contributed by atoms with E-state index in [0.717, 1.165) is 30.5 Å². The minimum atomic E-state index is 0.129. The van der Waals surface area contributed by atoms with E-state index in [-0.39, 0.29) is 11.9 Å². The summed E-state index contributed by atoms with van der Waals surface area (Å²) in [7, 11) is 0. The number of hydrogen-bond acceptors (Lipinski definition) is 2. The third-order valence-electron chi connectivity index (χ3n) is 3.43. The molecule has 2 rings (SSSR count). The number of aryl methyl sites for hydroxylation is 1. The van der Waals surface area contributed by atoms with Gasteiger partial charge in [0, 0.05) is 24.7 Å². The summed E-state index contributed by atoms with van der Waals surface area (Å²) in [6.07, 6.45) is 3.31. The van der Waals surface area contributed by atoms with E-state index in [1.807, 2.05) is 36.1 Å². The Hall–Kier alpha value is -1.35. The zero-order valence-corrected chi connectivity index (χ0v) is 10.4. The largest absolute Gasteiger partial charge is 0.334 e. The summed E-state index contributed by atoms with van der Waals surface area (Å²) in [5.74, 6) is 0.129. The van der Waals surface area contributed by atoms with Crippen LogP contribution in [-0.4, -0.2) is 29.9 Å². The van der Waals surface area contributed by atoms with Crippen LogP contribution < -0.4 is 5.73 Å².